The van der Waals surface area contributed by atoms with Gasteiger partial charge in [0.15, 0.2) is 21.6 Å². The van der Waals surface area contributed by atoms with Crippen molar-refractivity contribution < 1.29 is 55.2 Å². The molecular formula is C52H43Cl3O3Pd2. The van der Waals surface area contributed by atoms with Crippen molar-refractivity contribution in [2.45, 2.75) is 4.30 Å². The number of rotatable bonds is 12. The Bertz CT molecular complexity index is 1830. The largest absolute Gasteiger partial charge is 0.290 e. The Morgan fingerprint density at radius 3 is 0.517 bits per heavy atom. The van der Waals surface area contributed by atoms with Crippen molar-refractivity contribution in [3.05, 3.63) is 252 Å². The van der Waals surface area contributed by atoms with Gasteiger partial charge in [-0.25, -0.2) is 0 Å². The summed E-state index contributed by atoms with van der Waals surface area (Å²) in [5.41, 5.74) is 6.16. The number of halogens is 3. The topological polar surface area (TPSA) is 51.2 Å². The van der Waals surface area contributed by atoms with Gasteiger partial charge in [-0.05, 0) is 69.8 Å². The predicted octanol–water partition coefficient (Wildman–Crippen LogP) is 13.9. The summed E-state index contributed by atoms with van der Waals surface area (Å²) < 4.78 is -0.750. The van der Waals surface area contributed by atoms with Crippen LogP contribution in [0.4, 0.5) is 0 Å². The molecule has 0 aromatic heterocycles. The second kappa shape index (κ2) is 33.8. The third-order valence-electron chi connectivity index (χ3n) is 7.44. The molecule has 6 rings (SSSR count). The molecule has 0 aliphatic heterocycles. The van der Waals surface area contributed by atoms with Gasteiger partial charge in [-0.15, -0.1) is 0 Å². The molecule has 3 nitrogen and oxygen atoms in total. The van der Waals surface area contributed by atoms with Gasteiger partial charge in [0, 0.05) is 40.8 Å². The summed E-state index contributed by atoms with van der Waals surface area (Å²) in [6, 6.07) is 58.7. The van der Waals surface area contributed by atoms with Gasteiger partial charge in [-0.3, -0.25) is 14.4 Å². The number of alkyl halides is 3. The second-order valence-electron chi connectivity index (χ2n) is 11.9. The summed E-state index contributed by atoms with van der Waals surface area (Å²) in [4.78, 5) is 34.8. The fourth-order valence-corrected chi connectivity index (χ4v) is 4.62. The molecule has 0 saturated heterocycles. The van der Waals surface area contributed by atoms with Crippen LogP contribution in [0, 0.1) is 0 Å². The first-order valence-corrected chi connectivity index (χ1v) is 19.5. The van der Waals surface area contributed by atoms with Crippen molar-refractivity contribution in [2.75, 3.05) is 0 Å². The van der Waals surface area contributed by atoms with Crippen molar-refractivity contribution in [1.82, 2.24) is 0 Å². The Balaban J connectivity index is 0.000000423. The molecule has 6 aromatic rings. The van der Waals surface area contributed by atoms with Crippen LogP contribution in [0.2, 0.25) is 0 Å². The molecule has 0 spiro atoms. The van der Waals surface area contributed by atoms with Crippen molar-refractivity contribution in [2.24, 2.45) is 0 Å². The molecule has 0 fully saturated rings. The number of hydrogen-bond donors (Lipinski definition) is 0. The zero-order chi connectivity index (χ0) is 41.5. The fourth-order valence-electron chi connectivity index (χ4n) is 4.62. The monoisotopic (exact) mass is 1030 g/mol. The van der Waals surface area contributed by atoms with Crippen molar-refractivity contribution >= 4 is 88.6 Å². The third kappa shape index (κ3) is 26.9. The molecule has 310 valence electrons. The molecular weight excluding hydrogens is 992 g/mol. The summed E-state index contributed by atoms with van der Waals surface area (Å²) in [6.07, 6.45) is 20.4. The van der Waals surface area contributed by atoms with Gasteiger partial charge in [0.25, 0.3) is 0 Å². The van der Waals surface area contributed by atoms with E-state index in [9.17, 15) is 14.4 Å². The minimum atomic E-state index is -0.750. The Hall–Kier alpha value is -5.04. The van der Waals surface area contributed by atoms with E-state index < -0.39 is 4.30 Å². The fraction of sp³-hybridized carbons (Fsp3) is 0.0192. The minimum Gasteiger partial charge on any atom is -0.290 e. The van der Waals surface area contributed by atoms with E-state index in [4.69, 9.17) is 34.8 Å². The summed E-state index contributed by atoms with van der Waals surface area (Å²) in [5.74, 6) is -0.0341. The molecule has 8 heteroatoms. The van der Waals surface area contributed by atoms with Gasteiger partial charge >= 0.3 is 0 Å². The zero-order valence-electron chi connectivity index (χ0n) is 32.3. The molecule has 0 aliphatic carbocycles. The molecule has 0 heterocycles. The molecule has 0 radical (unpaired) electrons. The number of allylic oxidation sites excluding steroid dienone is 6. The first kappa shape index (κ1) is 53.0. The van der Waals surface area contributed by atoms with Crippen molar-refractivity contribution in [1.29, 1.82) is 0 Å². The number of benzene rings is 6. The van der Waals surface area contributed by atoms with Crippen LogP contribution >= 0.6 is 34.8 Å². The molecule has 0 unspecified atom stereocenters. The van der Waals surface area contributed by atoms with E-state index in [1.807, 2.05) is 218 Å². The van der Waals surface area contributed by atoms with Crippen LogP contribution < -0.4 is 0 Å². The zero-order valence-corrected chi connectivity index (χ0v) is 37.7. The van der Waals surface area contributed by atoms with Gasteiger partial charge < -0.3 is 0 Å². The first-order chi connectivity index (χ1) is 28.3. The van der Waals surface area contributed by atoms with E-state index in [1.54, 1.807) is 36.5 Å². The Kier molecular flexibility index (Phi) is 29.8. The molecule has 0 N–H and O–H groups in total. The van der Waals surface area contributed by atoms with Crippen molar-refractivity contribution in [3.8, 4) is 0 Å². The quantitative estimate of drug-likeness (QED) is 0.0697. The molecule has 6 aromatic carbocycles. The molecule has 0 amide bonds. The maximum atomic E-state index is 11.6. The number of hydrogen-bond acceptors (Lipinski definition) is 3. The number of carbonyl (C=O) groups excluding carboxylic acids is 3. The maximum absolute atomic E-state index is 11.6. The van der Waals surface area contributed by atoms with Crippen LogP contribution in [0.15, 0.2) is 218 Å². The SMILES string of the molecule is ClC(Cl)Cl.O=C(C=Cc1ccccc1)C=Cc1ccccc1.O=C(C=Cc1ccccc1)C=Cc1ccccc1.O=C(C=Cc1ccccc1)C=Cc1ccccc1.[Pd].[Pd]. The number of ketones is 3. The smallest absolute Gasteiger partial charge is 0.180 e. The van der Waals surface area contributed by atoms with Gasteiger partial charge in [-0.2, -0.15) is 0 Å². The van der Waals surface area contributed by atoms with E-state index >= 15 is 0 Å². The summed E-state index contributed by atoms with van der Waals surface area (Å²) in [5, 5.41) is 0. The van der Waals surface area contributed by atoms with Gasteiger partial charge in [0.2, 0.25) is 0 Å². The average Bonchev–Trinajstić information content (AvgIpc) is 3.27. The van der Waals surface area contributed by atoms with Crippen molar-refractivity contribution in [3.63, 3.8) is 0 Å². The van der Waals surface area contributed by atoms with E-state index in [0.29, 0.717) is 0 Å². The van der Waals surface area contributed by atoms with Crippen LogP contribution in [-0.2, 0) is 55.2 Å². The summed E-state index contributed by atoms with van der Waals surface area (Å²) >= 11 is 14.4. The van der Waals surface area contributed by atoms with E-state index in [-0.39, 0.29) is 58.2 Å². The summed E-state index contributed by atoms with van der Waals surface area (Å²) in [6.45, 7) is 0. The Morgan fingerprint density at radius 1 is 0.283 bits per heavy atom. The molecule has 60 heavy (non-hydrogen) atoms. The predicted molar refractivity (Wildman–Crippen MR) is 249 cm³/mol. The molecule has 0 atom stereocenters. The van der Waals surface area contributed by atoms with E-state index in [2.05, 4.69) is 0 Å². The van der Waals surface area contributed by atoms with Crippen LogP contribution in [0.1, 0.15) is 33.4 Å². The van der Waals surface area contributed by atoms with E-state index in [1.165, 1.54) is 0 Å². The molecule has 0 saturated carbocycles. The van der Waals surface area contributed by atoms with E-state index in [0.717, 1.165) is 33.4 Å². The standard InChI is InChI=1S/3C17H14O.CHCl3.2Pd/c3*18-17(13-11-15-7-3-1-4-8-15)14-12-16-9-5-2-6-10-16;2-1(3)4;;/h3*1-14H;1H;;. The Labute approximate surface area is 396 Å². The third-order valence-corrected chi connectivity index (χ3v) is 7.44. The normalized spacial score (nSPS) is 10.6. The van der Waals surface area contributed by atoms with Gasteiger partial charge in [0.1, 0.15) is 0 Å². The maximum Gasteiger partial charge on any atom is 0.180 e. The molecule has 0 aliphatic rings. The van der Waals surface area contributed by atoms with Gasteiger partial charge in [0.05, 0.1) is 0 Å². The van der Waals surface area contributed by atoms with Crippen LogP contribution in [-0.4, -0.2) is 21.6 Å². The summed E-state index contributed by atoms with van der Waals surface area (Å²) in [7, 11) is 0. The first-order valence-electron chi connectivity index (χ1n) is 18.2. The molecule has 0 bridgehead atoms. The Morgan fingerprint density at radius 2 is 0.400 bits per heavy atom. The van der Waals surface area contributed by atoms with Gasteiger partial charge in [-0.1, -0.05) is 253 Å². The second-order valence-corrected chi connectivity index (χ2v) is 13.9. The van der Waals surface area contributed by atoms with Crippen LogP contribution in [0.25, 0.3) is 36.5 Å². The van der Waals surface area contributed by atoms with Crippen LogP contribution in [0.3, 0.4) is 0 Å². The average molecular weight is 1040 g/mol. The minimum absolute atomic E-state index is 0. The van der Waals surface area contributed by atoms with Crippen LogP contribution in [0.5, 0.6) is 0 Å². The number of carbonyl (C=O) groups is 3.